The van der Waals surface area contributed by atoms with Crippen molar-refractivity contribution in [1.29, 1.82) is 0 Å². The van der Waals surface area contributed by atoms with Gasteiger partial charge in [0.05, 0.1) is 12.5 Å². The maximum absolute atomic E-state index is 13.1. The second-order valence-corrected chi connectivity index (χ2v) is 9.18. The number of aliphatic carboxylic acids is 1. The standard InChI is InChI=1S/C27H34N2O6/c1-18(2)14-19(26(32)29(12-13-34-3)16-25(30)31)15-28-27(33)35-17-24-22-10-6-4-8-20(22)21-9-5-7-11-23(21)24/h4-11,18-19,24H,12-17H2,1-3H3,(H,28,33)(H,30,31). The number of alkyl carbamates (subject to hydrolysis) is 1. The highest BCUT2D eigenvalue weighted by molar-refractivity contribution is 5.84. The number of nitrogens with zero attached hydrogens (tertiary/aromatic N) is 1. The van der Waals surface area contributed by atoms with Crippen LogP contribution in [-0.2, 0) is 19.1 Å². The van der Waals surface area contributed by atoms with Crippen LogP contribution in [0.15, 0.2) is 48.5 Å². The summed E-state index contributed by atoms with van der Waals surface area (Å²) < 4.78 is 10.6. The molecule has 1 aliphatic rings. The zero-order valence-corrected chi connectivity index (χ0v) is 20.5. The van der Waals surface area contributed by atoms with E-state index in [9.17, 15) is 19.5 Å². The lowest BCUT2D eigenvalue weighted by atomic mass is 9.95. The zero-order chi connectivity index (χ0) is 25.4. The molecule has 2 N–H and O–H groups in total. The monoisotopic (exact) mass is 482 g/mol. The Hall–Kier alpha value is -3.39. The van der Waals surface area contributed by atoms with E-state index in [1.807, 2.05) is 38.1 Å². The van der Waals surface area contributed by atoms with Crippen LogP contribution in [0, 0.1) is 11.8 Å². The molecule has 0 bridgehead atoms. The Bertz CT molecular complexity index is 992. The van der Waals surface area contributed by atoms with Gasteiger partial charge in [-0.3, -0.25) is 9.59 Å². The van der Waals surface area contributed by atoms with Crippen LogP contribution in [-0.4, -0.2) is 67.9 Å². The highest BCUT2D eigenvalue weighted by atomic mass is 16.5. The maximum Gasteiger partial charge on any atom is 0.407 e. The first-order chi connectivity index (χ1) is 16.8. The fourth-order valence-corrected chi connectivity index (χ4v) is 4.59. The molecular weight excluding hydrogens is 448 g/mol. The van der Waals surface area contributed by atoms with E-state index in [1.54, 1.807) is 0 Å². The number of rotatable bonds is 12. The van der Waals surface area contributed by atoms with Crippen molar-refractivity contribution in [2.24, 2.45) is 11.8 Å². The molecule has 35 heavy (non-hydrogen) atoms. The number of ether oxygens (including phenoxy) is 2. The molecule has 0 saturated carbocycles. The van der Waals surface area contributed by atoms with E-state index in [0.29, 0.717) is 6.42 Å². The van der Waals surface area contributed by atoms with E-state index < -0.39 is 24.5 Å². The van der Waals surface area contributed by atoms with Gasteiger partial charge < -0.3 is 24.8 Å². The number of carboxylic acid groups (broad SMARTS) is 1. The van der Waals surface area contributed by atoms with E-state index in [2.05, 4.69) is 29.6 Å². The summed E-state index contributed by atoms with van der Waals surface area (Å²) in [7, 11) is 1.49. The molecule has 0 saturated heterocycles. The SMILES string of the molecule is COCCN(CC(=O)O)C(=O)C(CNC(=O)OCC1c2ccccc2-c2ccccc21)CC(C)C. The number of fused-ring (bicyclic) bond motifs is 3. The van der Waals surface area contributed by atoms with E-state index in [4.69, 9.17) is 9.47 Å². The third-order valence-corrected chi connectivity index (χ3v) is 6.14. The summed E-state index contributed by atoms with van der Waals surface area (Å²) in [6.07, 6.45) is -0.0962. The fourth-order valence-electron chi connectivity index (χ4n) is 4.59. The number of carboxylic acids is 1. The van der Waals surface area contributed by atoms with Gasteiger partial charge in [0.1, 0.15) is 13.2 Å². The molecule has 0 aromatic heterocycles. The van der Waals surface area contributed by atoms with Gasteiger partial charge in [-0.2, -0.15) is 0 Å². The molecule has 3 rings (SSSR count). The number of hydrogen-bond donors (Lipinski definition) is 2. The van der Waals surface area contributed by atoms with E-state index in [1.165, 1.54) is 12.0 Å². The Balaban J connectivity index is 1.62. The third kappa shape index (κ3) is 6.82. The molecule has 2 amide bonds. The van der Waals surface area contributed by atoms with Crippen LogP contribution in [0.3, 0.4) is 0 Å². The Morgan fingerprint density at radius 2 is 1.63 bits per heavy atom. The van der Waals surface area contributed by atoms with Crippen molar-refractivity contribution in [3.63, 3.8) is 0 Å². The molecule has 1 aliphatic carbocycles. The van der Waals surface area contributed by atoms with Crippen LogP contribution in [0.2, 0.25) is 0 Å². The molecule has 0 spiro atoms. The molecule has 8 heteroatoms. The number of carbonyl (C=O) groups excluding carboxylic acids is 2. The molecule has 2 aromatic rings. The van der Waals surface area contributed by atoms with Gasteiger partial charge in [-0.15, -0.1) is 0 Å². The molecule has 1 unspecified atom stereocenters. The fraction of sp³-hybridized carbons (Fsp3) is 0.444. The van der Waals surface area contributed by atoms with Crippen LogP contribution in [0.5, 0.6) is 0 Å². The molecule has 0 fully saturated rings. The highest BCUT2D eigenvalue weighted by Gasteiger charge is 2.30. The van der Waals surface area contributed by atoms with Crippen molar-refractivity contribution in [3.05, 3.63) is 59.7 Å². The maximum atomic E-state index is 13.1. The number of carbonyl (C=O) groups is 3. The lowest BCUT2D eigenvalue weighted by molar-refractivity contribution is -0.147. The van der Waals surface area contributed by atoms with Crippen LogP contribution in [0.4, 0.5) is 4.79 Å². The van der Waals surface area contributed by atoms with Gasteiger partial charge in [-0.05, 0) is 34.6 Å². The number of benzene rings is 2. The Kier molecular flexibility index (Phi) is 9.25. The zero-order valence-electron chi connectivity index (χ0n) is 20.5. The smallest absolute Gasteiger partial charge is 0.407 e. The van der Waals surface area contributed by atoms with Crippen LogP contribution >= 0.6 is 0 Å². The molecule has 8 nitrogen and oxygen atoms in total. The first kappa shape index (κ1) is 26.2. The lowest BCUT2D eigenvalue weighted by Gasteiger charge is -2.27. The third-order valence-electron chi connectivity index (χ3n) is 6.14. The number of hydrogen-bond acceptors (Lipinski definition) is 5. The van der Waals surface area contributed by atoms with E-state index in [0.717, 1.165) is 22.3 Å². The predicted molar refractivity (Wildman–Crippen MR) is 132 cm³/mol. The Morgan fingerprint density at radius 1 is 1.03 bits per heavy atom. The average molecular weight is 483 g/mol. The molecule has 0 aliphatic heterocycles. The minimum absolute atomic E-state index is 0.0543. The van der Waals surface area contributed by atoms with Gasteiger partial charge in [-0.25, -0.2) is 4.79 Å². The average Bonchev–Trinajstić information content (AvgIpc) is 3.16. The summed E-state index contributed by atoms with van der Waals surface area (Å²) in [5, 5.41) is 11.9. The van der Waals surface area contributed by atoms with Crippen molar-refractivity contribution < 1.29 is 29.0 Å². The number of amides is 2. The summed E-state index contributed by atoms with van der Waals surface area (Å²) in [6, 6.07) is 16.2. The number of methoxy groups -OCH3 is 1. The lowest BCUT2D eigenvalue weighted by Crippen LogP contribution is -2.45. The van der Waals surface area contributed by atoms with Crippen molar-refractivity contribution in [2.45, 2.75) is 26.2 Å². The second-order valence-electron chi connectivity index (χ2n) is 9.18. The largest absolute Gasteiger partial charge is 0.480 e. The van der Waals surface area contributed by atoms with Crippen molar-refractivity contribution in [1.82, 2.24) is 10.2 Å². The molecule has 0 heterocycles. The van der Waals surface area contributed by atoms with Crippen LogP contribution in [0.1, 0.15) is 37.3 Å². The molecular formula is C27H34N2O6. The quantitative estimate of drug-likeness (QED) is 0.477. The minimum atomic E-state index is -1.10. The van der Waals surface area contributed by atoms with Gasteiger partial charge in [-0.1, -0.05) is 62.4 Å². The van der Waals surface area contributed by atoms with Gasteiger partial charge in [0.15, 0.2) is 0 Å². The van der Waals surface area contributed by atoms with Crippen molar-refractivity contribution in [2.75, 3.05) is 40.0 Å². The Labute approximate surface area is 206 Å². The topological polar surface area (TPSA) is 105 Å². The highest BCUT2D eigenvalue weighted by Crippen LogP contribution is 2.44. The first-order valence-electron chi connectivity index (χ1n) is 11.9. The summed E-state index contributed by atoms with van der Waals surface area (Å²) >= 11 is 0. The molecule has 0 radical (unpaired) electrons. The van der Waals surface area contributed by atoms with Gasteiger partial charge >= 0.3 is 12.1 Å². The molecule has 188 valence electrons. The molecule has 1 atom stereocenters. The Morgan fingerprint density at radius 3 is 2.17 bits per heavy atom. The summed E-state index contributed by atoms with van der Waals surface area (Å²) in [5.41, 5.74) is 4.54. The van der Waals surface area contributed by atoms with Crippen molar-refractivity contribution >= 4 is 18.0 Å². The predicted octanol–water partition coefficient (Wildman–Crippen LogP) is 3.75. The van der Waals surface area contributed by atoms with Gasteiger partial charge in [0.25, 0.3) is 0 Å². The van der Waals surface area contributed by atoms with Crippen LogP contribution < -0.4 is 5.32 Å². The second kappa shape index (κ2) is 12.4. The van der Waals surface area contributed by atoms with E-state index >= 15 is 0 Å². The van der Waals surface area contributed by atoms with Crippen LogP contribution in [0.25, 0.3) is 11.1 Å². The first-order valence-corrected chi connectivity index (χ1v) is 11.9. The number of nitrogens with one attached hydrogen (secondary N) is 1. The van der Waals surface area contributed by atoms with E-state index in [-0.39, 0.29) is 44.0 Å². The van der Waals surface area contributed by atoms with Gasteiger partial charge in [0.2, 0.25) is 5.91 Å². The minimum Gasteiger partial charge on any atom is -0.480 e. The van der Waals surface area contributed by atoms with Crippen molar-refractivity contribution in [3.8, 4) is 11.1 Å². The normalized spacial score (nSPS) is 13.1. The summed E-state index contributed by atoms with van der Waals surface area (Å²) in [6.45, 7) is 4.18. The van der Waals surface area contributed by atoms with Gasteiger partial charge in [0, 0.05) is 26.1 Å². The summed E-state index contributed by atoms with van der Waals surface area (Å²) in [5.74, 6) is -1.85. The summed E-state index contributed by atoms with van der Waals surface area (Å²) in [4.78, 5) is 38.2. The molecule has 2 aromatic carbocycles.